The van der Waals surface area contributed by atoms with Crippen LogP contribution in [0.2, 0.25) is 0 Å². The third-order valence-electron chi connectivity index (χ3n) is 6.83. The van der Waals surface area contributed by atoms with Crippen molar-refractivity contribution in [1.29, 1.82) is 0 Å². The minimum Gasteiger partial charge on any atom is -0.268 e. The van der Waals surface area contributed by atoms with Gasteiger partial charge < -0.3 is 0 Å². The Hall–Kier alpha value is -5.72. The van der Waals surface area contributed by atoms with Gasteiger partial charge in [0, 0.05) is 22.3 Å². The van der Waals surface area contributed by atoms with E-state index in [1.807, 2.05) is 60.7 Å². The average Bonchev–Trinajstić information content (AvgIpc) is 3.39. The molecule has 0 radical (unpaired) electrons. The molecule has 2 heterocycles. The molecule has 4 aromatic carbocycles. The monoisotopic (exact) mass is 520 g/mol. The molecule has 0 saturated carbocycles. The molecule has 0 unspecified atom stereocenters. The molecular formula is C34H20N2O4. The standard InChI is InChI=1S/C34H20N2O4/c1-22(35-31(37)27-18-16-25(20-29(27)33(35)39)14-12-23-8-4-2-5-9-23)36-32(38)28-19-17-26(21-30(28)34(36)40)15-13-24-10-6-3-7-11-24/h2-11,16-22H,1H3. The van der Waals surface area contributed by atoms with E-state index in [1.54, 1.807) is 36.4 Å². The molecule has 0 bridgehead atoms. The molecule has 6 nitrogen and oxygen atoms in total. The zero-order valence-corrected chi connectivity index (χ0v) is 21.3. The summed E-state index contributed by atoms with van der Waals surface area (Å²) in [7, 11) is 0. The molecule has 40 heavy (non-hydrogen) atoms. The first-order valence-corrected chi connectivity index (χ1v) is 12.6. The van der Waals surface area contributed by atoms with Gasteiger partial charge in [-0.05, 0) is 67.6 Å². The molecule has 0 N–H and O–H groups in total. The number of carbonyl (C=O) groups excluding carboxylic acids is 4. The van der Waals surface area contributed by atoms with Gasteiger partial charge in [-0.25, -0.2) is 0 Å². The molecule has 0 spiro atoms. The predicted octanol–water partition coefficient (Wildman–Crippen LogP) is 4.72. The number of amides is 4. The van der Waals surface area contributed by atoms with E-state index < -0.39 is 29.8 Å². The minimum absolute atomic E-state index is 0.187. The summed E-state index contributed by atoms with van der Waals surface area (Å²) in [6, 6.07) is 28.4. The fraction of sp³-hybridized carbons (Fsp3) is 0.0588. The normalized spacial score (nSPS) is 13.6. The van der Waals surface area contributed by atoms with Crippen LogP contribution in [-0.2, 0) is 0 Å². The fourth-order valence-corrected chi connectivity index (χ4v) is 4.80. The molecule has 0 atom stereocenters. The van der Waals surface area contributed by atoms with E-state index in [0.717, 1.165) is 20.9 Å². The Morgan fingerprint density at radius 2 is 0.800 bits per heavy atom. The molecule has 190 valence electrons. The number of nitrogens with zero attached hydrogens (tertiary/aromatic N) is 2. The lowest BCUT2D eigenvalue weighted by Gasteiger charge is -2.29. The topological polar surface area (TPSA) is 74.8 Å². The predicted molar refractivity (Wildman–Crippen MR) is 148 cm³/mol. The molecule has 0 fully saturated rings. The summed E-state index contributed by atoms with van der Waals surface area (Å²) in [6.45, 7) is 1.50. The number of rotatable bonds is 2. The van der Waals surface area contributed by atoms with Gasteiger partial charge in [-0.3, -0.25) is 29.0 Å². The quantitative estimate of drug-likeness (QED) is 0.283. The van der Waals surface area contributed by atoms with E-state index in [0.29, 0.717) is 11.1 Å². The highest BCUT2D eigenvalue weighted by Crippen LogP contribution is 2.31. The van der Waals surface area contributed by atoms with Crippen molar-refractivity contribution in [2.75, 3.05) is 0 Å². The lowest BCUT2D eigenvalue weighted by Crippen LogP contribution is -2.51. The summed E-state index contributed by atoms with van der Waals surface area (Å²) in [4.78, 5) is 55.2. The van der Waals surface area contributed by atoms with Crippen molar-refractivity contribution in [3.63, 3.8) is 0 Å². The largest absolute Gasteiger partial charge is 0.268 e. The maximum Gasteiger partial charge on any atom is 0.263 e. The summed E-state index contributed by atoms with van der Waals surface area (Å²) in [6.07, 6.45) is -1.13. The molecule has 0 aliphatic carbocycles. The Morgan fingerprint density at radius 1 is 0.450 bits per heavy atom. The Bertz CT molecular complexity index is 1720. The molecule has 4 amide bonds. The smallest absolute Gasteiger partial charge is 0.263 e. The molecule has 6 heteroatoms. The number of imide groups is 2. The van der Waals surface area contributed by atoms with Gasteiger partial charge in [-0.15, -0.1) is 0 Å². The number of hydrogen-bond donors (Lipinski definition) is 0. The van der Waals surface area contributed by atoms with Gasteiger partial charge in [0.15, 0.2) is 0 Å². The Morgan fingerprint density at radius 3 is 1.20 bits per heavy atom. The second-order valence-electron chi connectivity index (χ2n) is 9.35. The van der Waals surface area contributed by atoms with Gasteiger partial charge in [0.1, 0.15) is 6.17 Å². The van der Waals surface area contributed by atoms with E-state index in [2.05, 4.69) is 23.7 Å². The van der Waals surface area contributed by atoms with Crippen LogP contribution in [0.4, 0.5) is 0 Å². The lowest BCUT2D eigenvalue weighted by molar-refractivity contribution is 0.0323. The average molecular weight is 521 g/mol. The molecule has 0 aromatic heterocycles. The lowest BCUT2D eigenvalue weighted by atomic mass is 10.1. The van der Waals surface area contributed by atoms with Crippen LogP contribution < -0.4 is 0 Å². The van der Waals surface area contributed by atoms with Gasteiger partial charge in [-0.1, -0.05) is 60.1 Å². The van der Waals surface area contributed by atoms with Gasteiger partial charge in [0.25, 0.3) is 23.6 Å². The molecule has 6 rings (SSSR count). The highest BCUT2D eigenvalue weighted by molar-refractivity contribution is 6.24. The molecule has 2 aliphatic rings. The SMILES string of the molecule is CC(N1C(=O)c2ccc(C#Cc3ccccc3)cc2C1=O)N1C(=O)c2ccc(C#Cc3ccccc3)cc2C1=O. The van der Waals surface area contributed by atoms with Crippen LogP contribution in [0.5, 0.6) is 0 Å². The Kier molecular flexibility index (Phi) is 6.07. The molecule has 4 aromatic rings. The van der Waals surface area contributed by atoms with Crippen molar-refractivity contribution in [1.82, 2.24) is 9.80 Å². The second-order valence-corrected chi connectivity index (χ2v) is 9.35. The maximum absolute atomic E-state index is 13.4. The summed E-state index contributed by atoms with van der Waals surface area (Å²) < 4.78 is 0. The highest BCUT2D eigenvalue weighted by Gasteiger charge is 2.46. The first-order valence-electron chi connectivity index (χ1n) is 12.6. The Balaban J connectivity index is 1.25. The van der Waals surface area contributed by atoms with Crippen LogP contribution in [0, 0.1) is 23.7 Å². The molecular weight excluding hydrogens is 500 g/mol. The first-order chi connectivity index (χ1) is 19.4. The summed E-state index contributed by atoms with van der Waals surface area (Å²) in [5, 5.41) is 0. The van der Waals surface area contributed by atoms with E-state index in [1.165, 1.54) is 6.92 Å². The van der Waals surface area contributed by atoms with Crippen molar-refractivity contribution in [2.24, 2.45) is 0 Å². The van der Waals surface area contributed by atoms with Crippen molar-refractivity contribution >= 4 is 23.6 Å². The van der Waals surface area contributed by atoms with Crippen LogP contribution in [0.3, 0.4) is 0 Å². The van der Waals surface area contributed by atoms with Crippen molar-refractivity contribution in [3.8, 4) is 23.7 Å². The van der Waals surface area contributed by atoms with E-state index in [4.69, 9.17) is 0 Å². The second kappa shape index (κ2) is 9.87. The van der Waals surface area contributed by atoms with Gasteiger partial charge in [0.2, 0.25) is 0 Å². The zero-order valence-electron chi connectivity index (χ0n) is 21.3. The number of fused-ring (bicyclic) bond motifs is 2. The summed E-state index contributed by atoms with van der Waals surface area (Å²) in [5.41, 5.74) is 3.57. The van der Waals surface area contributed by atoms with Crippen molar-refractivity contribution in [3.05, 3.63) is 142 Å². The van der Waals surface area contributed by atoms with Crippen LogP contribution in [0.25, 0.3) is 0 Å². The Labute approximate surface area is 230 Å². The van der Waals surface area contributed by atoms with Crippen LogP contribution in [0.15, 0.2) is 97.1 Å². The fourth-order valence-electron chi connectivity index (χ4n) is 4.80. The zero-order chi connectivity index (χ0) is 27.8. The van der Waals surface area contributed by atoms with Crippen molar-refractivity contribution < 1.29 is 19.2 Å². The summed E-state index contributed by atoms with van der Waals surface area (Å²) in [5.74, 6) is 9.80. The van der Waals surface area contributed by atoms with E-state index in [-0.39, 0.29) is 22.3 Å². The van der Waals surface area contributed by atoms with Crippen molar-refractivity contribution in [2.45, 2.75) is 13.1 Å². The summed E-state index contributed by atoms with van der Waals surface area (Å²) >= 11 is 0. The van der Waals surface area contributed by atoms with Crippen LogP contribution in [-0.4, -0.2) is 39.6 Å². The van der Waals surface area contributed by atoms with Crippen LogP contribution >= 0.6 is 0 Å². The van der Waals surface area contributed by atoms with E-state index >= 15 is 0 Å². The highest BCUT2D eigenvalue weighted by atomic mass is 16.2. The van der Waals surface area contributed by atoms with Gasteiger partial charge in [-0.2, -0.15) is 0 Å². The third kappa shape index (κ3) is 4.24. The first kappa shape index (κ1) is 24.6. The number of hydrogen-bond acceptors (Lipinski definition) is 4. The molecule has 2 aliphatic heterocycles. The number of carbonyl (C=O) groups is 4. The minimum atomic E-state index is -1.13. The van der Waals surface area contributed by atoms with Gasteiger partial charge in [0.05, 0.1) is 22.3 Å². The third-order valence-corrected chi connectivity index (χ3v) is 6.83. The molecule has 0 saturated heterocycles. The van der Waals surface area contributed by atoms with Crippen LogP contribution in [0.1, 0.15) is 70.6 Å². The van der Waals surface area contributed by atoms with E-state index in [9.17, 15) is 19.2 Å². The van der Waals surface area contributed by atoms with Gasteiger partial charge >= 0.3 is 0 Å². The maximum atomic E-state index is 13.4. The number of benzene rings is 4.